The van der Waals surface area contributed by atoms with Gasteiger partial charge in [-0.3, -0.25) is 0 Å². The van der Waals surface area contributed by atoms with E-state index in [2.05, 4.69) is 51.2 Å². The average molecular weight is 235 g/mol. The zero-order valence-corrected chi connectivity index (χ0v) is 11.9. The molecule has 0 amide bonds. The van der Waals surface area contributed by atoms with Crippen molar-refractivity contribution in [3.8, 4) is 0 Å². The molecule has 0 fully saturated rings. The van der Waals surface area contributed by atoms with E-state index < -0.39 is 0 Å². The Hall–Kier alpha value is -0.860. The maximum Gasteiger partial charge on any atom is 0.0640 e. The van der Waals surface area contributed by atoms with Gasteiger partial charge in [-0.25, -0.2) is 0 Å². The minimum atomic E-state index is -0.106. The van der Waals surface area contributed by atoms with Crippen LogP contribution in [-0.2, 0) is 4.74 Å². The highest BCUT2D eigenvalue weighted by Gasteiger charge is 2.23. The summed E-state index contributed by atoms with van der Waals surface area (Å²) in [6, 6.07) is 7.04. The van der Waals surface area contributed by atoms with Crippen LogP contribution in [0.25, 0.3) is 0 Å². The van der Waals surface area contributed by atoms with Crippen molar-refractivity contribution >= 4 is 0 Å². The topological polar surface area (TPSA) is 21.3 Å². The van der Waals surface area contributed by atoms with Gasteiger partial charge in [0.05, 0.1) is 5.60 Å². The fraction of sp³-hybridized carbons (Fsp3) is 0.600. The van der Waals surface area contributed by atoms with E-state index in [-0.39, 0.29) is 5.60 Å². The summed E-state index contributed by atoms with van der Waals surface area (Å²) in [5.41, 5.74) is 3.87. The van der Waals surface area contributed by atoms with Crippen molar-refractivity contribution in [1.29, 1.82) is 0 Å². The van der Waals surface area contributed by atoms with Crippen molar-refractivity contribution in [1.82, 2.24) is 5.32 Å². The van der Waals surface area contributed by atoms with Crippen LogP contribution in [0.2, 0.25) is 0 Å². The molecule has 0 spiro atoms. The highest BCUT2D eigenvalue weighted by molar-refractivity contribution is 5.30. The fourth-order valence-corrected chi connectivity index (χ4v) is 2.17. The van der Waals surface area contributed by atoms with Gasteiger partial charge in [-0.2, -0.15) is 0 Å². The molecule has 1 rings (SSSR count). The second-order valence-electron chi connectivity index (χ2n) is 5.43. The second kappa shape index (κ2) is 5.65. The molecule has 1 aromatic rings. The first kappa shape index (κ1) is 14.2. The van der Waals surface area contributed by atoms with Crippen LogP contribution < -0.4 is 5.32 Å². The molecular weight excluding hydrogens is 210 g/mol. The van der Waals surface area contributed by atoms with Crippen LogP contribution in [0.1, 0.15) is 43.0 Å². The maximum absolute atomic E-state index is 5.51. The van der Waals surface area contributed by atoms with E-state index in [1.807, 2.05) is 7.05 Å². The van der Waals surface area contributed by atoms with Gasteiger partial charge in [-0.1, -0.05) is 29.3 Å². The molecule has 0 aromatic heterocycles. The lowest BCUT2D eigenvalue weighted by Crippen LogP contribution is -2.30. The van der Waals surface area contributed by atoms with Crippen LogP contribution in [0.5, 0.6) is 0 Å². The average Bonchev–Trinajstić information content (AvgIpc) is 2.24. The van der Waals surface area contributed by atoms with E-state index >= 15 is 0 Å². The van der Waals surface area contributed by atoms with E-state index in [0.29, 0.717) is 6.04 Å². The van der Waals surface area contributed by atoms with Crippen LogP contribution >= 0.6 is 0 Å². The molecule has 17 heavy (non-hydrogen) atoms. The zero-order valence-electron chi connectivity index (χ0n) is 11.9. The molecule has 0 aliphatic rings. The molecule has 1 atom stereocenters. The zero-order chi connectivity index (χ0) is 13.1. The van der Waals surface area contributed by atoms with Crippen LogP contribution in [0.4, 0.5) is 0 Å². The summed E-state index contributed by atoms with van der Waals surface area (Å²) in [4.78, 5) is 0. The van der Waals surface area contributed by atoms with Gasteiger partial charge in [-0.05, 0) is 46.7 Å². The van der Waals surface area contributed by atoms with Gasteiger partial charge < -0.3 is 10.1 Å². The molecule has 0 saturated carbocycles. The summed E-state index contributed by atoms with van der Waals surface area (Å²) in [7, 11) is 3.78. The molecule has 1 unspecified atom stereocenters. The first-order valence-electron chi connectivity index (χ1n) is 6.18. The molecule has 0 radical (unpaired) electrons. The number of rotatable bonds is 5. The number of ether oxygens (including phenoxy) is 1. The molecule has 0 saturated heterocycles. The van der Waals surface area contributed by atoms with Crippen molar-refractivity contribution in [2.75, 3.05) is 14.2 Å². The normalized spacial score (nSPS) is 13.8. The number of methoxy groups -OCH3 is 1. The van der Waals surface area contributed by atoms with Gasteiger partial charge >= 0.3 is 0 Å². The third kappa shape index (κ3) is 4.14. The third-order valence-electron chi connectivity index (χ3n) is 3.24. The monoisotopic (exact) mass is 235 g/mol. The maximum atomic E-state index is 5.51. The molecule has 0 aliphatic heterocycles. The van der Waals surface area contributed by atoms with Crippen LogP contribution in [0.15, 0.2) is 18.2 Å². The summed E-state index contributed by atoms with van der Waals surface area (Å²) in [6.45, 7) is 8.54. The van der Waals surface area contributed by atoms with Crippen molar-refractivity contribution in [3.63, 3.8) is 0 Å². The lowest BCUT2D eigenvalue weighted by atomic mass is 9.92. The SMILES string of the molecule is CNC(CC(C)(C)OC)c1cc(C)cc(C)c1. The van der Waals surface area contributed by atoms with Gasteiger partial charge in [0.25, 0.3) is 0 Å². The quantitative estimate of drug-likeness (QED) is 0.844. The lowest BCUT2D eigenvalue weighted by molar-refractivity contribution is 0.00743. The molecule has 2 nitrogen and oxygen atoms in total. The van der Waals surface area contributed by atoms with Crippen molar-refractivity contribution in [2.45, 2.75) is 45.8 Å². The van der Waals surface area contributed by atoms with Crippen LogP contribution in [-0.4, -0.2) is 19.8 Å². The number of nitrogens with one attached hydrogen (secondary N) is 1. The molecule has 96 valence electrons. The summed E-state index contributed by atoms with van der Waals surface area (Å²) >= 11 is 0. The predicted molar refractivity (Wildman–Crippen MR) is 73.4 cm³/mol. The Morgan fingerprint density at radius 3 is 2.12 bits per heavy atom. The molecule has 2 heteroatoms. The Balaban J connectivity index is 2.93. The van der Waals surface area contributed by atoms with E-state index in [0.717, 1.165) is 6.42 Å². The van der Waals surface area contributed by atoms with Crippen LogP contribution in [0.3, 0.4) is 0 Å². The number of hydrogen-bond acceptors (Lipinski definition) is 2. The van der Waals surface area contributed by atoms with E-state index in [4.69, 9.17) is 4.74 Å². The van der Waals surface area contributed by atoms with Crippen molar-refractivity contribution < 1.29 is 4.74 Å². The first-order valence-corrected chi connectivity index (χ1v) is 6.18. The van der Waals surface area contributed by atoms with E-state index in [1.54, 1.807) is 7.11 Å². The van der Waals surface area contributed by atoms with Crippen molar-refractivity contribution in [3.05, 3.63) is 34.9 Å². The molecule has 1 N–H and O–H groups in total. The Kier molecular flexibility index (Phi) is 4.72. The fourth-order valence-electron chi connectivity index (χ4n) is 2.17. The summed E-state index contributed by atoms with van der Waals surface area (Å²) in [5, 5.41) is 3.38. The van der Waals surface area contributed by atoms with E-state index in [9.17, 15) is 0 Å². The molecular formula is C15H25NO. The minimum absolute atomic E-state index is 0.106. The van der Waals surface area contributed by atoms with Gasteiger partial charge in [-0.15, -0.1) is 0 Å². The molecule has 0 bridgehead atoms. The Morgan fingerprint density at radius 2 is 1.71 bits per heavy atom. The van der Waals surface area contributed by atoms with Gasteiger partial charge in [0.15, 0.2) is 0 Å². The highest BCUT2D eigenvalue weighted by atomic mass is 16.5. The van der Waals surface area contributed by atoms with Crippen LogP contribution in [0, 0.1) is 13.8 Å². The van der Waals surface area contributed by atoms with Gasteiger partial charge in [0.2, 0.25) is 0 Å². The Morgan fingerprint density at radius 1 is 1.18 bits per heavy atom. The Bertz CT molecular complexity index is 351. The lowest BCUT2D eigenvalue weighted by Gasteiger charge is -2.29. The smallest absolute Gasteiger partial charge is 0.0640 e. The van der Waals surface area contributed by atoms with Crippen molar-refractivity contribution in [2.24, 2.45) is 0 Å². The second-order valence-corrected chi connectivity index (χ2v) is 5.43. The van der Waals surface area contributed by atoms with Gasteiger partial charge in [0.1, 0.15) is 0 Å². The predicted octanol–water partition coefficient (Wildman–Crippen LogP) is 3.38. The third-order valence-corrected chi connectivity index (χ3v) is 3.24. The standard InChI is InChI=1S/C15H25NO/c1-11-7-12(2)9-13(8-11)14(16-5)10-15(3,4)17-6/h7-9,14,16H,10H2,1-6H3. The summed E-state index contributed by atoms with van der Waals surface area (Å²) < 4.78 is 5.51. The molecule has 1 aromatic carbocycles. The largest absolute Gasteiger partial charge is 0.379 e. The summed E-state index contributed by atoms with van der Waals surface area (Å²) in [5.74, 6) is 0. The highest BCUT2D eigenvalue weighted by Crippen LogP contribution is 2.26. The number of aryl methyl sites for hydroxylation is 2. The molecule has 0 aliphatic carbocycles. The Labute approximate surface area is 105 Å². The summed E-state index contributed by atoms with van der Waals surface area (Å²) in [6.07, 6.45) is 0.961. The number of hydrogen-bond donors (Lipinski definition) is 1. The molecule has 0 heterocycles. The minimum Gasteiger partial charge on any atom is -0.379 e. The van der Waals surface area contributed by atoms with Gasteiger partial charge in [0, 0.05) is 13.2 Å². The van der Waals surface area contributed by atoms with E-state index in [1.165, 1.54) is 16.7 Å². The number of benzene rings is 1. The first-order chi connectivity index (χ1) is 7.88.